The number of hydrogen-bond acceptors (Lipinski definition) is 4. The van der Waals surface area contributed by atoms with Crippen LogP contribution in [-0.4, -0.2) is 77.9 Å². The summed E-state index contributed by atoms with van der Waals surface area (Å²) in [5.41, 5.74) is 1.03. The number of methoxy groups -OCH3 is 1. The zero-order valence-electron chi connectivity index (χ0n) is 18.2. The van der Waals surface area contributed by atoms with Crippen LogP contribution in [0.3, 0.4) is 0 Å². The smallest absolute Gasteiger partial charge is 0.257 e. The predicted octanol–water partition coefficient (Wildman–Crippen LogP) is 3.41. The van der Waals surface area contributed by atoms with Crippen LogP contribution in [0.1, 0.15) is 34.6 Å². The molecule has 31 heavy (non-hydrogen) atoms. The number of amides is 2. The largest absolute Gasteiger partial charge is 0.496 e. The van der Waals surface area contributed by atoms with Gasteiger partial charge < -0.3 is 14.5 Å². The summed E-state index contributed by atoms with van der Waals surface area (Å²) >= 11 is 5.98. The van der Waals surface area contributed by atoms with Crippen molar-refractivity contribution < 1.29 is 14.3 Å². The molecule has 0 spiro atoms. The summed E-state index contributed by atoms with van der Waals surface area (Å²) in [4.78, 5) is 32.6. The van der Waals surface area contributed by atoms with Gasteiger partial charge in [0.05, 0.1) is 12.7 Å². The summed E-state index contributed by atoms with van der Waals surface area (Å²) in [7, 11) is 1.58. The van der Waals surface area contributed by atoms with Crippen molar-refractivity contribution in [3.05, 3.63) is 64.7 Å². The molecule has 164 valence electrons. The van der Waals surface area contributed by atoms with Gasteiger partial charge in [0.2, 0.25) is 0 Å². The quantitative estimate of drug-likeness (QED) is 0.732. The van der Waals surface area contributed by atoms with Gasteiger partial charge in [-0.1, -0.05) is 23.7 Å². The number of piperazine rings is 2. The molecule has 1 atom stereocenters. The molecule has 0 saturated carbocycles. The lowest BCUT2D eigenvalue weighted by Gasteiger charge is -2.55. The van der Waals surface area contributed by atoms with Gasteiger partial charge in [-0.05, 0) is 50.2 Å². The molecule has 2 heterocycles. The monoisotopic (exact) mass is 441 g/mol. The van der Waals surface area contributed by atoms with E-state index in [9.17, 15) is 9.59 Å². The second-order valence-electron chi connectivity index (χ2n) is 8.80. The normalized spacial score (nSPS) is 20.8. The van der Waals surface area contributed by atoms with Crippen LogP contribution in [0.25, 0.3) is 0 Å². The number of ether oxygens (including phenoxy) is 1. The van der Waals surface area contributed by atoms with Gasteiger partial charge in [-0.15, -0.1) is 0 Å². The van der Waals surface area contributed by atoms with Crippen LogP contribution in [-0.2, 0) is 0 Å². The zero-order chi connectivity index (χ0) is 22.2. The molecule has 0 N–H and O–H groups in total. The number of carbonyl (C=O) groups is 2. The van der Waals surface area contributed by atoms with Crippen LogP contribution in [0.4, 0.5) is 0 Å². The first-order chi connectivity index (χ1) is 14.8. The summed E-state index contributed by atoms with van der Waals surface area (Å²) in [6.07, 6.45) is 0. The molecule has 0 aromatic heterocycles. The van der Waals surface area contributed by atoms with Gasteiger partial charge >= 0.3 is 0 Å². The summed E-state index contributed by atoms with van der Waals surface area (Å²) < 4.78 is 5.38. The van der Waals surface area contributed by atoms with Crippen LogP contribution in [0.2, 0.25) is 5.02 Å². The molecule has 2 fully saturated rings. The van der Waals surface area contributed by atoms with Crippen LogP contribution in [0.5, 0.6) is 5.75 Å². The minimum Gasteiger partial charge on any atom is -0.496 e. The molecule has 1 unspecified atom stereocenters. The summed E-state index contributed by atoms with van der Waals surface area (Å²) in [5.74, 6) is 0.548. The molecule has 0 aliphatic carbocycles. The van der Waals surface area contributed by atoms with E-state index in [2.05, 4.69) is 18.7 Å². The van der Waals surface area contributed by atoms with E-state index >= 15 is 0 Å². The highest BCUT2D eigenvalue weighted by molar-refractivity contribution is 6.30. The van der Waals surface area contributed by atoms with Gasteiger partial charge in [0, 0.05) is 54.9 Å². The first kappa shape index (κ1) is 21.7. The third kappa shape index (κ3) is 4.27. The van der Waals surface area contributed by atoms with Crippen molar-refractivity contribution in [3.63, 3.8) is 0 Å². The van der Waals surface area contributed by atoms with Crippen molar-refractivity contribution in [2.75, 3.05) is 39.8 Å². The zero-order valence-corrected chi connectivity index (χ0v) is 18.9. The molecule has 2 aliphatic rings. The van der Waals surface area contributed by atoms with E-state index in [1.807, 2.05) is 21.9 Å². The van der Waals surface area contributed by atoms with Crippen LogP contribution in [0.15, 0.2) is 48.5 Å². The molecule has 2 aliphatic heterocycles. The standard InChI is InChI=1S/C24H28ClN3O3/c1-24(2)16-27(22(29)17-8-10-18(25)11-9-17)15-19-14-26(12-13-28(19)24)23(30)20-6-4-5-7-21(20)31-3/h4-11,19H,12-16H2,1-3H3. The van der Waals surface area contributed by atoms with Crippen molar-refractivity contribution in [1.29, 1.82) is 0 Å². The number of rotatable bonds is 3. The second kappa shape index (κ2) is 8.52. The number of benzene rings is 2. The third-order valence-corrected chi connectivity index (χ3v) is 6.52. The van der Waals surface area contributed by atoms with Gasteiger partial charge in [0.25, 0.3) is 11.8 Å². The van der Waals surface area contributed by atoms with Gasteiger partial charge in [-0.3, -0.25) is 14.5 Å². The molecular weight excluding hydrogens is 414 g/mol. The molecule has 7 heteroatoms. The van der Waals surface area contributed by atoms with E-state index in [0.717, 1.165) is 6.54 Å². The molecule has 2 amide bonds. The Kier molecular flexibility index (Phi) is 5.95. The molecule has 2 aromatic carbocycles. The Morgan fingerprint density at radius 2 is 1.65 bits per heavy atom. The summed E-state index contributed by atoms with van der Waals surface area (Å²) in [6, 6.07) is 14.4. The molecule has 4 rings (SSSR count). The fraction of sp³-hybridized carbons (Fsp3) is 0.417. The maximum atomic E-state index is 13.2. The maximum Gasteiger partial charge on any atom is 0.257 e. The lowest BCUT2D eigenvalue weighted by molar-refractivity contribution is -0.0507. The van der Waals surface area contributed by atoms with E-state index in [1.54, 1.807) is 43.5 Å². The van der Waals surface area contributed by atoms with Crippen molar-refractivity contribution >= 4 is 23.4 Å². The first-order valence-corrected chi connectivity index (χ1v) is 10.9. The topological polar surface area (TPSA) is 53.1 Å². The number of para-hydroxylation sites is 1. The highest BCUT2D eigenvalue weighted by atomic mass is 35.5. The lowest BCUT2D eigenvalue weighted by atomic mass is 9.92. The SMILES string of the molecule is COc1ccccc1C(=O)N1CCN2C(CN(C(=O)c3ccc(Cl)cc3)CC2(C)C)C1. The fourth-order valence-corrected chi connectivity index (χ4v) is 4.92. The van der Waals surface area contributed by atoms with E-state index in [0.29, 0.717) is 48.1 Å². The fourth-order valence-electron chi connectivity index (χ4n) is 4.79. The third-order valence-electron chi connectivity index (χ3n) is 6.27. The Morgan fingerprint density at radius 1 is 0.968 bits per heavy atom. The number of fused-ring (bicyclic) bond motifs is 1. The Balaban J connectivity index is 1.53. The predicted molar refractivity (Wildman–Crippen MR) is 121 cm³/mol. The number of halogens is 1. The Hall–Kier alpha value is -2.57. The average Bonchev–Trinajstić information content (AvgIpc) is 2.77. The van der Waals surface area contributed by atoms with E-state index in [1.165, 1.54) is 0 Å². The van der Waals surface area contributed by atoms with Crippen molar-refractivity contribution in [3.8, 4) is 5.75 Å². The van der Waals surface area contributed by atoms with Gasteiger partial charge in [-0.2, -0.15) is 0 Å². The number of hydrogen-bond donors (Lipinski definition) is 0. The highest BCUT2D eigenvalue weighted by Crippen LogP contribution is 2.30. The van der Waals surface area contributed by atoms with E-state index < -0.39 is 0 Å². The molecular formula is C24H28ClN3O3. The average molecular weight is 442 g/mol. The Morgan fingerprint density at radius 3 is 2.35 bits per heavy atom. The van der Waals surface area contributed by atoms with Crippen LogP contribution < -0.4 is 4.74 Å². The highest BCUT2D eigenvalue weighted by Gasteiger charge is 2.44. The van der Waals surface area contributed by atoms with Gasteiger partial charge in [0.15, 0.2) is 0 Å². The Labute approximate surface area is 188 Å². The van der Waals surface area contributed by atoms with E-state index in [4.69, 9.17) is 16.3 Å². The van der Waals surface area contributed by atoms with Gasteiger partial charge in [-0.25, -0.2) is 0 Å². The minimum absolute atomic E-state index is 0.00225. The van der Waals surface area contributed by atoms with Crippen molar-refractivity contribution in [2.24, 2.45) is 0 Å². The Bertz CT molecular complexity index is 976. The summed E-state index contributed by atoms with van der Waals surface area (Å²) in [5, 5.41) is 0.611. The molecule has 0 radical (unpaired) electrons. The number of carbonyl (C=O) groups excluding carboxylic acids is 2. The van der Waals surface area contributed by atoms with Crippen LogP contribution >= 0.6 is 11.6 Å². The molecule has 0 bridgehead atoms. The van der Waals surface area contributed by atoms with Gasteiger partial charge in [0.1, 0.15) is 5.75 Å². The van der Waals surface area contributed by atoms with Crippen molar-refractivity contribution in [2.45, 2.75) is 25.4 Å². The number of nitrogens with zero attached hydrogens (tertiary/aromatic N) is 3. The molecule has 2 saturated heterocycles. The molecule has 6 nitrogen and oxygen atoms in total. The lowest BCUT2D eigenvalue weighted by Crippen LogP contribution is -2.70. The summed E-state index contributed by atoms with van der Waals surface area (Å²) in [6.45, 7) is 7.57. The minimum atomic E-state index is -0.176. The second-order valence-corrected chi connectivity index (χ2v) is 9.24. The molecule has 2 aromatic rings. The maximum absolute atomic E-state index is 13.2. The first-order valence-electron chi connectivity index (χ1n) is 10.5. The van der Waals surface area contributed by atoms with E-state index in [-0.39, 0.29) is 23.4 Å². The van der Waals surface area contributed by atoms with Crippen molar-refractivity contribution in [1.82, 2.24) is 14.7 Å². The van der Waals surface area contributed by atoms with Crippen LogP contribution in [0, 0.1) is 0 Å².